The number of hydrogen-bond donors (Lipinski definition) is 1. The molecule has 0 aliphatic heterocycles. The largest absolute Gasteiger partial charge is 0.325 e. The summed E-state index contributed by atoms with van der Waals surface area (Å²) >= 11 is 0. The van der Waals surface area contributed by atoms with E-state index in [0.717, 1.165) is 18.4 Å². The van der Waals surface area contributed by atoms with Gasteiger partial charge in [0, 0.05) is 11.7 Å². The van der Waals surface area contributed by atoms with Crippen LogP contribution in [0.5, 0.6) is 0 Å². The van der Waals surface area contributed by atoms with E-state index in [1.54, 1.807) is 0 Å². The molecule has 0 atom stereocenters. The maximum atomic E-state index is 6.07. The molecule has 3 nitrogen and oxygen atoms in total. The summed E-state index contributed by atoms with van der Waals surface area (Å²) in [5, 5.41) is 0. The molecule has 0 saturated heterocycles. The number of aromatic nitrogens is 2. The van der Waals surface area contributed by atoms with Crippen LogP contribution in [-0.4, -0.2) is 14.9 Å². The van der Waals surface area contributed by atoms with Crippen LogP contribution in [0.4, 0.5) is 0 Å². The van der Waals surface area contributed by atoms with E-state index in [1.807, 2.05) is 16.9 Å². The Morgan fingerprint density at radius 1 is 1.47 bits per heavy atom. The number of rotatable bonds is 3. The Kier molecular flexibility index (Phi) is 1.83. The van der Waals surface area contributed by atoms with Gasteiger partial charge in [-0.3, -0.25) is 0 Å². The smallest absolute Gasteiger partial charge is 0.0991 e. The van der Waals surface area contributed by atoms with Crippen molar-refractivity contribution in [3.8, 4) is 0 Å². The zero-order chi connectivity index (χ0) is 10.3. The summed E-state index contributed by atoms with van der Waals surface area (Å²) in [5.74, 6) is 0. The lowest BCUT2D eigenvalue weighted by Crippen LogP contribution is -2.22. The van der Waals surface area contributed by atoms with Crippen LogP contribution in [0.25, 0.3) is 5.52 Å². The minimum atomic E-state index is 0.159. The molecule has 3 heteroatoms. The topological polar surface area (TPSA) is 43.3 Å². The van der Waals surface area contributed by atoms with Crippen LogP contribution < -0.4 is 5.73 Å². The first-order valence-corrected chi connectivity index (χ1v) is 5.45. The second-order valence-electron chi connectivity index (χ2n) is 4.62. The van der Waals surface area contributed by atoms with Gasteiger partial charge in [-0.2, -0.15) is 0 Å². The van der Waals surface area contributed by atoms with Crippen LogP contribution in [0.2, 0.25) is 0 Å². The maximum absolute atomic E-state index is 6.07. The fourth-order valence-electron chi connectivity index (χ4n) is 1.92. The second kappa shape index (κ2) is 3.07. The number of hydrogen-bond acceptors (Lipinski definition) is 2. The molecule has 0 aromatic carbocycles. The van der Waals surface area contributed by atoms with Crippen molar-refractivity contribution < 1.29 is 0 Å². The highest BCUT2D eigenvalue weighted by atomic mass is 15.0. The zero-order valence-electron chi connectivity index (χ0n) is 8.69. The van der Waals surface area contributed by atoms with Crippen LogP contribution in [0.15, 0.2) is 30.9 Å². The van der Waals surface area contributed by atoms with Gasteiger partial charge in [0.1, 0.15) is 0 Å². The van der Waals surface area contributed by atoms with Gasteiger partial charge in [0.25, 0.3) is 0 Å². The summed E-state index contributed by atoms with van der Waals surface area (Å²) < 4.78 is 2.03. The Bertz CT molecular complexity index is 482. The van der Waals surface area contributed by atoms with Gasteiger partial charge >= 0.3 is 0 Å². The number of nitrogens with zero attached hydrogens (tertiary/aromatic N) is 2. The summed E-state index contributed by atoms with van der Waals surface area (Å²) in [5.41, 5.74) is 8.75. The van der Waals surface area contributed by atoms with Crippen molar-refractivity contribution in [2.75, 3.05) is 0 Å². The predicted octanol–water partition coefficient (Wildman–Crippen LogP) is 1.76. The van der Waals surface area contributed by atoms with Gasteiger partial charge in [-0.25, -0.2) is 4.98 Å². The highest BCUT2D eigenvalue weighted by Gasteiger charge is 2.37. The van der Waals surface area contributed by atoms with Crippen LogP contribution >= 0.6 is 0 Å². The molecule has 0 bridgehead atoms. The molecule has 78 valence electrons. The predicted molar refractivity (Wildman–Crippen MR) is 59.7 cm³/mol. The van der Waals surface area contributed by atoms with Crippen LogP contribution in [0.1, 0.15) is 24.8 Å². The average molecular weight is 201 g/mol. The first-order chi connectivity index (χ1) is 7.25. The van der Waals surface area contributed by atoms with E-state index in [-0.39, 0.29) is 5.54 Å². The summed E-state index contributed by atoms with van der Waals surface area (Å²) in [6.45, 7) is 0. The van der Waals surface area contributed by atoms with Gasteiger partial charge in [-0.1, -0.05) is 0 Å². The van der Waals surface area contributed by atoms with Gasteiger partial charge < -0.3 is 10.1 Å². The van der Waals surface area contributed by atoms with Gasteiger partial charge in [0.15, 0.2) is 0 Å². The normalized spacial score (nSPS) is 18.2. The Balaban J connectivity index is 1.78. The third kappa shape index (κ3) is 1.75. The first kappa shape index (κ1) is 8.92. The molecular weight excluding hydrogens is 186 g/mol. The number of nitrogens with two attached hydrogens (primary N) is 1. The molecule has 0 amide bonds. The van der Waals surface area contributed by atoms with Crippen molar-refractivity contribution >= 4 is 5.52 Å². The minimum Gasteiger partial charge on any atom is -0.325 e. The molecule has 0 unspecified atom stereocenters. The van der Waals surface area contributed by atoms with Crippen LogP contribution in [-0.2, 0) is 6.42 Å². The van der Waals surface area contributed by atoms with Crippen LogP contribution in [0.3, 0.4) is 0 Å². The van der Waals surface area contributed by atoms with Crippen molar-refractivity contribution in [1.82, 2.24) is 9.38 Å². The van der Waals surface area contributed by atoms with E-state index < -0.39 is 0 Å². The van der Waals surface area contributed by atoms with Gasteiger partial charge in [0.2, 0.25) is 0 Å². The lowest BCUT2D eigenvalue weighted by Gasteiger charge is -2.08. The van der Waals surface area contributed by atoms with Crippen molar-refractivity contribution in [3.63, 3.8) is 0 Å². The molecule has 1 aliphatic carbocycles. The SMILES string of the molecule is NC1(CCc2ccn3cncc3c2)CC1. The van der Waals surface area contributed by atoms with Crippen molar-refractivity contribution in [1.29, 1.82) is 0 Å². The fraction of sp³-hybridized carbons (Fsp3) is 0.417. The third-order valence-electron chi connectivity index (χ3n) is 3.28. The van der Waals surface area contributed by atoms with E-state index in [9.17, 15) is 0 Å². The van der Waals surface area contributed by atoms with Gasteiger partial charge in [-0.15, -0.1) is 0 Å². The lowest BCUT2D eigenvalue weighted by molar-refractivity contribution is 0.609. The van der Waals surface area contributed by atoms with E-state index in [1.165, 1.54) is 18.4 Å². The van der Waals surface area contributed by atoms with E-state index >= 15 is 0 Å². The number of imidazole rings is 1. The first-order valence-electron chi connectivity index (χ1n) is 5.45. The molecule has 2 heterocycles. The Morgan fingerprint density at radius 3 is 3.13 bits per heavy atom. The number of fused-ring (bicyclic) bond motifs is 1. The maximum Gasteiger partial charge on any atom is 0.0991 e. The molecule has 1 saturated carbocycles. The van der Waals surface area contributed by atoms with Gasteiger partial charge in [-0.05, 0) is 43.4 Å². The second-order valence-corrected chi connectivity index (χ2v) is 4.62. The third-order valence-corrected chi connectivity index (χ3v) is 3.28. The zero-order valence-corrected chi connectivity index (χ0v) is 8.69. The van der Waals surface area contributed by atoms with Crippen molar-refractivity contribution in [3.05, 3.63) is 36.4 Å². The minimum absolute atomic E-state index is 0.159. The number of aryl methyl sites for hydroxylation is 1. The Morgan fingerprint density at radius 2 is 2.33 bits per heavy atom. The quantitative estimate of drug-likeness (QED) is 0.822. The average Bonchev–Trinajstić information content (AvgIpc) is 2.80. The molecule has 1 aliphatic rings. The molecule has 2 aromatic heterocycles. The summed E-state index contributed by atoms with van der Waals surface area (Å²) in [7, 11) is 0. The molecule has 0 radical (unpaired) electrons. The van der Waals surface area contributed by atoms with E-state index in [2.05, 4.69) is 23.3 Å². The van der Waals surface area contributed by atoms with Crippen molar-refractivity contribution in [2.45, 2.75) is 31.2 Å². The van der Waals surface area contributed by atoms with E-state index in [0.29, 0.717) is 0 Å². The molecule has 1 fully saturated rings. The monoisotopic (exact) mass is 201 g/mol. The molecular formula is C12H15N3. The Labute approximate surface area is 88.9 Å². The highest BCUT2D eigenvalue weighted by molar-refractivity contribution is 5.46. The van der Waals surface area contributed by atoms with Gasteiger partial charge in [0.05, 0.1) is 18.0 Å². The number of pyridine rings is 1. The molecule has 2 N–H and O–H groups in total. The van der Waals surface area contributed by atoms with Crippen LogP contribution in [0, 0.1) is 0 Å². The lowest BCUT2D eigenvalue weighted by atomic mass is 10.1. The highest BCUT2D eigenvalue weighted by Crippen LogP contribution is 2.36. The van der Waals surface area contributed by atoms with E-state index in [4.69, 9.17) is 5.73 Å². The standard InChI is InChI=1S/C12H15N3/c13-12(4-5-12)3-1-10-2-6-15-9-14-8-11(15)7-10/h2,6-9H,1,3-5,13H2. The summed E-state index contributed by atoms with van der Waals surface area (Å²) in [6.07, 6.45) is 10.4. The molecule has 2 aromatic rings. The summed E-state index contributed by atoms with van der Waals surface area (Å²) in [6, 6.07) is 4.35. The Hall–Kier alpha value is -1.35. The van der Waals surface area contributed by atoms with Crippen molar-refractivity contribution in [2.24, 2.45) is 5.73 Å². The molecule has 0 spiro atoms. The molecule has 15 heavy (non-hydrogen) atoms. The summed E-state index contributed by atoms with van der Waals surface area (Å²) in [4.78, 5) is 4.10. The fourth-order valence-corrected chi connectivity index (χ4v) is 1.92. The molecule has 3 rings (SSSR count).